The zero-order valence-corrected chi connectivity index (χ0v) is 21.2. The summed E-state index contributed by atoms with van der Waals surface area (Å²) in [6.07, 6.45) is -0.0286. The molecule has 0 aliphatic carbocycles. The molecule has 35 heavy (non-hydrogen) atoms. The van der Waals surface area contributed by atoms with Gasteiger partial charge in [-0.25, -0.2) is 4.79 Å². The Bertz CT molecular complexity index is 1200. The lowest BCUT2D eigenvalue weighted by atomic mass is 9.80. The quantitative estimate of drug-likeness (QED) is 0.322. The number of benzene rings is 3. The predicted molar refractivity (Wildman–Crippen MR) is 136 cm³/mol. The van der Waals surface area contributed by atoms with Crippen molar-refractivity contribution in [2.24, 2.45) is 5.92 Å². The van der Waals surface area contributed by atoms with E-state index in [9.17, 15) is 9.59 Å². The molecule has 0 radical (unpaired) electrons. The van der Waals surface area contributed by atoms with E-state index < -0.39 is 11.5 Å². The van der Waals surface area contributed by atoms with Crippen LogP contribution in [0.25, 0.3) is 10.8 Å². The Morgan fingerprint density at radius 1 is 0.886 bits per heavy atom. The molecule has 0 aromatic heterocycles. The molecule has 3 rings (SSSR count). The van der Waals surface area contributed by atoms with Crippen molar-refractivity contribution in [3.63, 3.8) is 0 Å². The zero-order chi connectivity index (χ0) is 26.2. The first-order chi connectivity index (χ1) is 16.5. The van der Waals surface area contributed by atoms with Gasteiger partial charge in [0.2, 0.25) is 0 Å². The highest BCUT2D eigenvalue weighted by atomic mass is 16.5. The largest absolute Gasteiger partial charge is 0.461 e. The molecule has 0 fully saturated rings. The third-order valence-electron chi connectivity index (χ3n) is 5.79. The fourth-order valence-electron chi connectivity index (χ4n) is 4.09. The van der Waals surface area contributed by atoms with Gasteiger partial charge in [-0.3, -0.25) is 4.79 Å². The highest BCUT2D eigenvalue weighted by molar-refractivity contribution is 6.03. The molecule has 6 nitrogen and oxygen atoms in total. The number of fused-ring (bicyclic) bond motifs is 1. The predicted octanol–water partition coefficient (Wildman–Crippen LogP) is 5.90. The van der Waals surface area contributed by atoms with Crippen LogP contribution in [0, 0.1) is 19.8 Å². The first kappa shape index (κ1) is 27.5. The summed E-state index contributed by atoms with van der Waals surface area (Å²) in [6, 6.07) is 19.7. The lowest BCUT2D eigenvalue weighted by Gasteiger charge is -2.37. The first-order valence-corrected chi connectivity index (χ1v) is 11.6. The molecule has 0 aliphatic rings. The number of aryl methyl sites for hydroxylation is 2. The number of hydrogen-bond acceptors (Lipinski definition) is 6. The molecule has 0 saturated heterocycles. The van der Waals surface area contributed by atoms with E-state index in [2.05, 4.69) is 11.4 Å². The molecular weight excluding hydrogens is 442 g/mol. The van der Waals surface area contributed by atoms with Crippen molar-refractivity contribution in [2.75, 3.05) is 5.32 Å². The number of ketones is 1. The number of carbonyl (C=O) groups is 2. The van der Waals surface area contributed by atoms with Crippen molar-refractivity contribution in [1.82, 2.24) is 0 Å². The summed E-state index contributed by atoms with van der Waals surface area (Å²) < 4.78 is 5.66. The van der Waals surface area contributed by atoms with Crippen molar-refractivity contribution >= 4 is 34.4 Å². The number of carbonyl (C=O) groups excluding carboxylic acids is 4. The molecule has 3 aromatic carbocycles. The monoisotopic (exact) mass is 475 g/mol. The fourth-order valence-corrected chi connectivity index (χ4v) is 4.09. The van der Waals surface area contributed by atoms with Crippen molar-refractivity contribution in [3.05, 3.63) is 77.4 Å². The summed E-state index contributed by atoms with van der Waals surface area (Å²) >= 11 is 0. The number of Topliss-reactive ketones (excluding diaryl/α,β-unsaturated/α-hetero) is 1. The minimum absolute atomic E-state index is 0.00154. The van der Waals surface area contributed by atoms with Gasteiger partial charge in [0, 0.05) is 17.7 Å². The summed E-state index contributed by atoms with van der Waals surface area (Å²) in [7, 11) is 0. The maximum absolute atomic E-state index is 13.5. The molecule has 1 N–H and O–H groups in total. The van der Waals surface area contributed by atoms with Gasteiger partial charge < -0.3 is 10.1 Å². The number of rotatable bonds is 8. The van der Waals surface area contributed by atoms with Gasteiger partial charge in [-0.15, -0.1) is 0 Å². The number of hydrogen-bond donors (Lipinski definition) is 1. The van der Waals surface area contributed by atoms with Crippen molar-refractivity contribution in [1.29, 1.82) is 0 Å². The van der Waals surface area contributed by atoms with Crippen LogP contribution in [0.1, 0.15) is 55.6 Å². The molecule has 0 saturated carbocycles. The molecule has 1 atom stereocenters. The highest BCUT2D eigenvalue weighted by Crippen LogP contribution is 2.32. The Hall–Kier alpha value is -3.76. The van der Waals surface area contributed by atoms with Crippen LogP contribution in [0.15, 0.2) is 60.7 Å². The molecule has 0 spiro atoms. The summed E-state index contributed by atoms with van der Waals surface area (Å²) in [5.41, 5.74) is 2.38. The third kappa shape index (κ3) is 7.11. The Balaban J connectivity index is 0.00000137. The number of esters is 1. The van der Waals surface area contributed by atoms with E-state index in [1.54, 1.807) is 0 Å². The molecular formula is C29H33NO5. The van der Waals surface area contributed by atoms with Crippen LogP contribution in [-0.2, 0) is 19.1 Å². The summed E-state index contributed by atoms with van der Waals surface area (Å²) in [4.78, 5) is 43.2. The van der Waals surface area contributed by atoms with E-state index in [1.807, 2.05) is 96.1 Å². The van der Waals surface area contributed by atoms with Gasteiger partial charge in [0.15, 0.2) is 5.78 Å². The average molecular weight is 476 g/mol. The third-order valence-corrected chi connectivity index (χ3v) is 5.79. The summed E-state index contributed by atoms with van der Waals surface area (Å²) in [5, 5.41) is 5.50. The van der Waals surface area contributed by atoms with Gasteiger partial charge in [-0.1, -0.05) is 56.3 Å². The molecule has 0 heterocycles. The van der Waals surface area contributed by atoms with Crippen LogP contribution in [-0.4, -0.2) is 29.5 Å². The molecule has 3 aromatic rings. The molecule has 184 valence electrons. The van der Waals surface area contributed by atoms with Gasteiger partial charge in [0.05, 0.1) is 6.10 Å². The van der Waals surface area contributed by atoms with Gasteiger partial charge in [-0.05, 0) is 73.7 Å². The van der Waals surface area contributed by atoms with Crippen LogP contribution in [0.3, 0.4) is 0 Å². The zero-order valence-electron chi connectivity index (χ0n) is 21.2. The second-order valence-electron chi connectivity index (χ2n) is 9.33. The second kappa shape index (κ2) is 12.1. The summed E-state index contributed by atoms with van der Waals surface area (Å²) in [6.45, 7) is 11.6. The maximum Gasteiger partial charge on any atom is 0.373 e. The van der Waals surface area contributed by atoms with E-state index >= 15 is 0 Å². The average Bonchev–Trinajstić information content (AvgIpc) is 2.77. The van der Waals surface area contributed by atoms with Crippen LogP contribution < -0.4 is 5.32 Å². The minimum Gasteiger partial charge on any atom is -0.461 e. The van der Waals surface area contributed by atoms with E-state index in [0.29, 0.717) is 5.56 Å². The van der Waals surface area contributed by atoms with E-state index in [-0.39, 0.29) is 30.4 Å². The lowest BCUT2D eigenvalue weighted by molar-refractivity contribution is -0.191. The Kier molecular flexibility index (Phi) is 9.50. The standard InChI is InChI=1S/C28H33NO3.CO2/c1-18(2)28(27(31)32-19(3)4,29-25-14-20(5)13-21(6)15-25)17-26(30)24-12-11-22-9-7-8-10-23(22)16-24;2-1-3/h7-16,18-19,29H,17H2,1-6H3;. The Labute approximate surface area is 206 Å². The SMILES string of the molecule is Cc1cc(C)cc(NC(CC(=O)c2ccc3ccccc3c2)(C(=O)OC(C)C)C(C)C)c1.O=C=O. The Morgan fingerprint density at radius 2 is 1.46 bits per heavy atom. The van der Waals surface area contributed by atoms with Crippen LogP contribution >= 0.6 is 0 Å². The van der Waals surface area contributed by atoms with Crippen molar-refractivity contribution < 1.29 is 23.9 Å². The topological polar surface area (TPSA) is 89.5 Å². The normalized spacial score (nSPS) is 12.3. The van der Waals surface area contributed by atoms with E-state index in [1.165, 1.54) is 0 Å². The molecule has 0 aliphatic heterocycles. The minimum atomic E-state index is -1.19. The highest BCUT2D eigenvalue weighted by Gasteiger charge is 2.45. The molecule has 0 bridgehead atoms. The fraction of sp³-hybridized carbons (Fsp3) is 0.345. The Morgan fingerprint density at radius 3 is 2.00 bits per heavy atom. The second-order valence-corrected chi connectivity index (χ2v) is 9.33. The van der Waals surface area contributed by atoms with Crippen molar-refractivity contribution in [2.45, 2.75) is 59.6 Å². The maximum atomic E-state index is 13.5. The van der Waals surface area contributed by atoms with E-state index in [0.717, 1.165) is 27.6 Å². The van der Waals surface area contributed by atoms with Crippen molar-refractivity contribution in [3.8, 4) is 0 Å². The summed E-state index contributed by atoms with van der Waals surface area (Å²) in [5.74, 6) is -0.684. The lowest BCUT2D eigenvalue weighted by Crippen LogP contribution is -2.54. The molecule has 0 amide bonds. The smallest absolute Gasteiger partial charge is 0.373 e. The van der Waals surface area contributed by atoms with Gasteiger partial charge in [-0.2, -0.15) is 9.59 Å². The van der Waals surface area contributed by atoms with Crippen LogP contribution in [0.5, 0.6) is 0 Å². The molecule has 6 heteroatoms. The number of anilines is 1. The van der Waals surface area contributed by atoms with Gasteiger partial charge in [0.25, 0.3) is 0 Å². The number of ether oxygens (including phenoxy) is 1. The first-order valence-electron chi connectivity index (χ1n) is 11.6. The van der Waals surface area contributed by atoms with Crippen LogP contribution in [0.4, 0.5) is 5.69 Å². The van der Waals surface area contributed by atoms with Gasteiger partial charge in [0.1, 0.15) is 5.54 Å². The van der Waals surface area contributed by atoms with Gasteiger partial charge >= 0.3 is 12.1 Å². The van der Waals surface area contributed by atoms with Crippen LogP contribution in [0.2, 0.25) is 0 Å². The number of nitrogens with one attached hydrogen (secondary N) is 1. The molecule has 1 unspecified atom stereocenters. The van der Waals surface area contributed by atoms with E-state index in [4.69, 9.17) is 14.3 Å².